The van der Waals surface area contributed by atoms with E-state index in [0.717, 1.165) is 24.2 Å². The number of hydroxylamine groups is 1. The molecular weight excluding hydrogens is 374 g/mol. The molecule has 1 aliphatic rings. The maximum atomic E-state index is 12.3. The number of nitrogens with two attached hydrogens (primary N) is 1. The highest BCUT2D eigenvalue weighted by Gasteiger charge is 2.31. The van der Waals surface area contributed by atoms with Crippen molar-refractivity contribution < 1.29 is 23.9 Å². The third-order valence-electron chi connectivity index (χ3n) is 4.92. The van der Waals surface area contributed by atoms with E-state index in [4.69, 9.17) is 20.0 Å². The van der Waals surface area contributed by atoms with Crippen LogP contribution in [0.3, 0.4) is 0 Å². The molecule has 0 aromatic heterocycles. The van der Waals surface area contributed by atoms with Gasteiger partial charge in [-0.15, -0.1) is 6.58 Å². The van der Waals surface area contributed by atoms with Crippen molar-refractivity contribution in [2.45, 2.75) is 51.0 Å². The van der Waals surface area contributed by atoms with Gasteiger partial charge in [-0.3, -0.25) is 4.79 Å². The van der Waals surface area contributed by atoms with E-state index in [-0.39, 0.29) is 18.3 Å². The summed E-state index contributed by atoms with van der Waals surface area (Å²) in [4.78, 5) is 33.7. The highest BCUT2D eigenvalue weighted by Crippen LogP contribution is 2.28. The Labute approximate surface area is 171 Å². The molecule has 29 heavy (non-hydrogen) atoms. The zero-order valence-electron chi connectivity index (χ0n) is 17.0. The monoisotopic (exact) mass is 403 g/mol. The smallest absolute Gasteiger partial charge is 0.362 e. The number of nitrogens with one attached hydrogen (secondary N) is 1. The van der Waals surface area contributed by atoms with E-state index in [1.165, 1.54) is 7.11 Å². The number of aryl methyl sites for hydroxylation is 1. The minimum Gasteiger partial charge on any atom is -0.493 e. The van der Waals surface area contributed by atoms with Crippen molar-refractivity contribution in [2.75, 3.05) is 13.7 Å². The molecule has 1 aromatic carbocycles. The summed E-state index contributed by atoms with van der Waals surface area (Å²) in [7, 11) is 1.33. The first-order chi connectivity index (χ1) is 13.9. The van der Waals surface area contributed by atoms with E-state index < -0.39 is 11.5 Å². The van der Waals surface area contributed by atoms with Gasteiger partial charge in [0.1, 0.15) is 5.75 Å². The summed E-state index contributed by atoms with van der Waals surface area (Å²) in [6.45, 7) is 6.30. The number of esters is 1. The van der Waals surface area contributed by atoms with Crippen molar-refractivity contribution in [3.05, 3.63) is 42.0 Å². The molecule has 1 unspecified atom stereocenters. The third kappa shape index (κ3) is 6.23. The van der Waals surface area contributed by atoms with E-state index in [1.54, 1.807) is 24.3 Å². The molecule has 1 heterocycles. The van der Waals surface area contributed by atoms with Crippen molar-refractivity contribution >= 4 is 17.9 Å². The van der Waals surface area contributed by atoms with Crippen LogP contribution in [0.5, 0.6) is 5.75 Å². The molecule has 0 fully saturated rings. The van der Waals surface area contributed by atoms with Crippen LogP contribution in [-0.4, -0.2) is 37.2 Å². The van der Waals surface area contributed by atoms with Gasteiger partial charge in [-0.05, 0) is 55.9 Å². The Morgan fingerprint density at radius 2 is 2.24 bits per heavy atom. The van der Waals surface area contributed by atoms with E-state index in [1.807, 2.05) is 6.92 Å². The number of benzene rings is 1. The largest absolute Gasteiger partial charge is 0.493 e. The fraction of sp³-hybridized carbons (Fsp3) is 0.476. The second kappa shape index (κ2) is 10.5. The summed E-state index contributed by atoms with van der Waals surface area (Å²) in [5, 5.41) is 0. The van der Waals surface area contributed by atoms with Crippen LogP contribution in [0.4, 0.5) is 0 Å². The molecule has 0 radical (unpaired) electrons. The molecule has 1 aliphatic heterocycles. The fourth-order valence-corrected chi connectivity index (χ4v) is 3.20. The van der Waals surface area contributed by atoms with Gasteiger partial charge in [-0.2, -0.15) is 5.48 Å². The lowest BCUT2D eigenvalue weighted by Gasteiger charge is -2.27. The summed E-state index contributed by atoms with van der Waals surface area (Å²) < 4.78 is 10.3. The molecule has 0 saturated carbocycles. The van der Waals surface area contributed by atoms with Crippen LogP contribution in [0.25, 0.3) is 0 Å². The predicted molar refractivity (Wildman–Crippen MR) is 110 cm³/mol. The second-order valence-corrected chi connectivity index (χ2v) is 6.92. The summed E-state index contributed by atoms with van der Waals surface area (Å²) in [5.74, 6) is -0.271. The van der Waals surface area contributed by atoms with E-state index >= 15 is 0 Å². The van der Waals surface area contributed by atoms with Gasteiger partial charge in [-0.25, -0.2) is 9.79 Å². The summed E-state index contributed by atoms with van der Waals surface area (Å²) in [6.07, 6.45) is 5.34. The first-order valence-electron chi connectivity index (χ1n) is 9.69. The first kappa shape index (κ1) is 22.3. The molecule has 0 saturated heterocycles. The van der Waals surface area contributed by atoms with Gasteiger partial charge >= 0.3 is 11.9 Å². The Hall–Kier alpha value is -3.03. The van der Waals surface area contributed by atoms with E-state index in [9.17, 15) is 9.59 Å². The van der Waals surface area contributed by atoms with Crippen LogP contribution < -0.4 is 16.0 Å². The van der Waals surface area contributed by atoms with Gasteiger partial charge in [0, 0.05) is 0 Å². The van der Waals surface area contributed by atoms with Crippen LogP contribution in [0.15, 0.2) is 35.8 Å². The molecule has 158 valence electrons. The number of allylic oxidation sites excluding steroid dienone is 1. The minimum atomic E-state index is -0.770. The van der Waals surface area contributed by atoms with Gasteiger partial charge in [0.15, 0.2) is 0 Å². The van der Waals surface area contributed by atoms with E-state index in [0.29, 0.717) is 31.4 Å². The number of nitrogens with zero attached hydrogens (tertiary/aromatic N) is 1. The summed E-state index contributed by atoms with van der Waals surface area (Å²) in [6, 6.07) is 5.15. The lowest BCUT2D eigenvalue weighted by Crippen LogP contribution is -2.39. The molecule has 0 spiro atoms. The topological polar surface area (TPSA) is 112 Å². The lowest BCUT2D eigenvalue weighted by molar-refractivity contribution is -0.142. The molecule has 8 heteroatoms. The Kier molecular flexibility index (Phi) is 8.06. The molecule has 8 nitrogen and oxygen atoms in total. The zero-order chi connectivity index (χ0) is 21.3. The van der Waals surface area contributed by atoms with Gasteiger partial charge in [0.25, 0.3) is 0 Å². The van der Waals surface area contributed by atoms with Crippen LogP contribution >= 0.6 is 0 Å². The fourth-order valence-electron chi connectivity index (χ4n) is 3.20. The number of rotatable bonds is 8. The highest BCUT2D eigenvalue weighted by molar-refractivity contribution is 5.91. The molecule has 2 rings (SSSR count). The zero-order valence-corrected chi connectivity index (χ0v) is 17.0. The first-order valence-corrected chi connectivity index (χ1v) is 9.69. The Morgan fingerprint density at radius 1 is 1.45 bits per heavy atom. The molecule has 1 aromatic rings. The number of carbonyl (C=O) groups is 2. The van der Waals surface area contributed by atoms with Crippen LogP contribution in [0.2, 0.25) is 0 Å². The van der Waals surface area contributed by atoms with Crippen molar-refractivity contribution in [1.29, 1.82) is 0 Å². The van der Waals surface area contributed by atoms with Gasteiger partial charge in [0.05, 0.1) is 31.2 Å². The highest BCUT2D eigenvalue weighted by atomic mass is 16.7. The molecule has 0 amide bonds. The van der Waals surface area contributed by atoms with Crippen molar-refractivity contribution in [3.8, 4) is 5.75 Å². The SMILES string of the molecule is C=CCCC(CC)(CC(=O)OC)N=C(N)NOC(=O)c1ccc2c(c1)CCCO2. The van der Waals surface area contributed by atoms with Crippen molar-refractivity contribution in [1.82, 2.24) is 5.48 Å². The average molecular weight is 403 g/mol. The molecule has 1 atom stereocenters. The normalized spacial score (nSPS) is 15.3. The maximum Gasteiger partial charge on any atom is 0.362 e. The van der Waals surface area contributed by atoms with Gasteiger partial charge in [-0.1, -0.05) is 13.0 Å². The van der Waals surface area contributed by atoms with Crippen LogP contribution in [0, 0.1) is 0 Å². The number of hydrogen-bond donors (Lipinski definition) is 2. The van der Waals surface area contributed by atoms with Crippen molar-refractivity contribution in [3.63, 3.8) is 0 Å². The standard InChI is InChI=1S/C21H29N3O5/c1-4-6-11-21(5-2,14-18(25)27-3)23-20(22)24-29-19(26)16-9-10-17-15(13-16)8-7-12-28-17/h4,9-10,13H,1,5-8,11-12,14H2,2-3H3,(H3,22,23,24). The number of fused-ring (bicyclic) bond motifs is 1. The Morgan fingerprint density at radius 3 is 2.93 bits per heavy atom. The number of methoxy groups -OCH3 is 1. The average Bonchev–Trinajstić information content (AvgIpc) is 2.75. The van der Waals surface area contributed by atoms with Crippen molar-refractivity contribution in [2.24, 2.45) is 10.7 Å². The van der Waals surface area contributed by atoms with Gasteiger partial charge < -0.3 is 20.0 Å². The number of aliphatic imine (C=N–C) groups is 1. The summed E-state index contributed by atoms with van der Waals surface area (Å²) in [5.41, 5.74) is 8.90. The molecule has 3 N–H and O–H groups in total. The number of hydrogen-bond acceptors (Lipinski definition) is 6. The lowest BCUT2D eigenvalue weighted by atomic mass is 9.87. The Balaban J connectivity index is 2.06. The maximum absolute atomic E-state index is 12.3. The van der Waals surface area contributed by atoms with Gasteiger partial charge in [0.2, 0.25) is 5.96 Å². The molecule has 0 bridgehead atoms. The minimum absolute atomic E-state index is 0.0645. The predicted octanol–water partition coefficient (Wildman–Crippen LogP) is 2.67. The second-order valence-electron chi connectivity index (χ2n) is 6.92. The molecular formula is C21H29N3O5. The number of ether oxygens (including phenoxy) is 2. The van der Waals surface area contributed by atoms with E-state index in [2.05, 4.69) is 17.1 Å². The molecule has 0 aliphatic carbocycles. The third-order valence-corrected chi connectivity index (χ3v) is 4.92. The van der Waals surface area contributed by atoms with Crippen LogP contribution in [0.1, 0.15) is 54.9 Å². The summed E-state index contributed by atoms with van der Waals surface area (Å²) >= 11 is 0. The number of guanidine groups is 1. The Bertz CT molecular complexity index is 778. The van der Waals surface area contributed by atoms with Crippen LogP contribution in [-0.2, 0) is 20.8 Å². The number of carbonyl (C=O) groups excluding carboxylic acids is 2. The quantitative estimate of drug-likeness (QED) is 0.226.